The maximum atomic E-state index is 9.86. The van der Waals surface area contributed by atoms with Crippen molar-refractivity contribution in [2.45, 2.75) is 18.9 Å². The van der Waals surface area contributed by atoms with Gasteiger partial charge in [0.05, 0.1) is 5.97 Å². The molecular weight excluding hydrogens is 200 g/mol. The van der Waals surface area contributed by atoms with Gasteiger partial charge in [-0.05, 0) is 12.8 Å². The van der Waals surface area contributed by atoms with E-state index in [0.29, 0.717) is 0 Å². The zero-order valence-electron chi connectivity index (χ0n) is 7.20. The molecule has 0 saturated carbocycles. The molecule has 0 amide bonds. The third-order valence-electron chi connectivity index (χ3n) is 0.962. The van der Waals surface area contributed by atoms with Crippen molar-refractivity contribution in [3.8, 4) is 0 Å². The third-order valence-corrected chi connectivity index (χ3v) is 0.962. The van der Waals surface area contributed by atoms with Gasteiger partial charge in [0, 0.05) is 12.0 Å². The summed E-state index contributed by atoms with van der Waals surface area (Å²) >= 11 is 0. The largest absolute Gasteiger partial charge is 1.00 e. The summed E-state index contributed by atoms with van der Waals surface area (Å²) in [4.78, 5) is 19.6. The average Bonchev–Trinajstić information content (AvgIpc) is 1.82. The van der Waals surface area contributed by atoms with Crippen LogP contribution in [0.25, 0.3) is 0 Å². The van der Waals surface area contributed by atoms with Gasteiger partial charge >= 0.3 is 80.9 Å². The summed E-state index contributed by atoms with van der Waals surface area (Å²) in [7, 11) is 0. The van der Waals surface area contributed by atoms with Crippen LogP contribution in [0.4, 0.5) is 0 Å². The summed E-state index contributed by atoms with van der Waals surface area (Å²) in [5.74, 6) is -2.75. The Morgan fingerprint density at radius 1 is 1.33 bits per heavy atom. The number of hydrogen-bond acceptors (Lipinski definition) is 5. The summed E-state index contributed by atoms with van der Waals surface area (Å²) < 4.78 is 0. The van der Waals surface area contributed by atoms with Crippen LogP contribution < -0.4 is 96.9 Å². The molecule has 0 rings (SSSR count). The Labute approximate surface area is 135 Å². The first-order valence-corrected chi connectivity index (χ1v) is 2.70. The van der Waals surface area contributed by atoms with Crippen LogP contribution in [0.5, 0.6) is 0 Å². The van der Waals surface area contributed by atoms with Crippen molar-refractivity contribution < 1.29 is 101 Å². The van der Waals surface area contributed by atoms with E-state index in [-0.39, 0.29) is 93.8 Å². The van der Waals surface area contributed by atoms with Gasteiger partial charge in [-0.25, -0.2) is 0 Å². The zero-order chi connectivity index (χ0) is 8.15. The van der Waals surface area contributed by atoms with Crippen molar-refractivity contribution in [2.24, 2.45) is 5.73 Å². The Hall–Kier alpha value is 1.54. The second-order valence-electron chi connectivity index (χ2n) is 1.84. The Balaban J connectivity index is -0.000000405. The molecule has 58 valence electrons. The first kappa shape index (κ1) is 19.2. The Morgan fingerprint density at radius 3 is 2.00 bits per heavy atom. The Morgan fingerprint density at radius 2 is 1.75 bits per heavy atom. The molecule has 1 atom stereocenters. The van der Waals surface area contributed by atoms with E-state index in [1.807, 2.05) is 0 Å². The van der Waals surface area contributed by atoms with Crippen molar-refractivity contribution in [2.75, 3.05) is 0 Å². The number of aliphatic carboxylic acids is 2. The molecule has 0 aliphatic rings. The molecule has 0 radical (unpaired) electrons. The van der Waals surface area contributed by atoms with Gasteiger partial charge in [-0.1, -0.05) is 0 Å². The minimum atomic E-state index is -1.44. The van der Waals surface area contributed by atoms with E-state index in [1.165, 1.54) is 0 Å². The number of carboxylic acids is 2. The van der Waals surface area contributed by atoms with Gasteiger partial charge < -0.3 is 25.5 Å². The molecule has 0 aromatic heterocycles. The number of rotatable bonds is 4. The Bertz CT molecular complexity index is 154. The normalized spacial score (nSPS) is 10.4. The topological polar surface area (TPSA) is 106 Å². The molecule has 0 bridgehead atoms. The molecule has 0 heterocycles. The SMILES string of the molecule is N[C@@H](CCC(=O)[O-])C(=O)[O-].[K+].[Na+]. The standard InChI is InChI=1S/C5H9NO4.K.Na/c6-3(5(9)10)1-2-4(7)8;;/h3H,1-2,6H2,(H,7,8)(H,9,10);;/q;2*+1/p-2/t3-;;/m0../s1. The Kier molecular flexibility index (Phi) is 17.0. The fraction of sp³-hybridized carbons (Fsp3) is 0.600. The maximum absolute atomic E-state index is 9.86. The fourth-order valence-electron chi connectivity index (χ4n) is 0.391. The molecule has 0 aromatic carbocycles. The molecule has 2 N–H and O–H groups in total. The summed E-state index contributed by atoms with van der Waals surface area (Å²) in [5.41, 5.74) is 4.91. The predicted molar refractivity (Wildman–Crippen MR) is 27.2 cm³/mol. The summed E-state index contributed by atoms with van der Waals surface area (Å²) in [6.45, 7) is 0. The van der Waals surface area contributed by atoms with Crippen molar-refractivity contribution in [1.82, 2.24) is 0 Å². The first-order valence-electron chi connectivity index (χ1n) is 2.70. The smallest absolute Gasteiger partial charge is 0.550 e. The van der Waals surface area contributed by atoms with E-state index < -0.39 is 18.0 Å². The predicted octanol–water partition coefficient (Wildman–Crippen LogP) is -9.40. The molecule has 0 fully saturated rings. The van der Waals surface area contributed by atoms with Crippen molar-refractivity contribution in [3.63, 3.8) is 0 Å². The number of hydrogen-bond donors (Lipinski definition) is 1. The fourth-order valence-corrected chi connectivity index (χ4v) is 0.391. The van der Waals surface area contributed by atoms with E-state index in [1.54, 1.807) is 0 Å². The summed E-state index contributed by atoms with van der Waals surface area (Å²) in [5, 5.41) is 19.6. The molecule has 12 heavy (non-hydrogen) atoms. The van der Waals surface area contributed by atoms with Crippen LogP contribution in [0, 0.1) is 0 Å². The van der Waals surface area contributed by atoms with Crippen LogP contribution in [0.2, 0.25) is 0 Å². The van der Waals surface area contributed by atoms with Gasteiger partial charge in [0.25, 0.3) is 0 Å². The summed E-state index contributed by atoms with van der Waals surface area (Å²) in [6.07, 6.45) is -0.500. The molecular formula is C5H7KNNaO4. The molecule has 0 spiro atoms. The number of carbonyl (C=O) groups excluding carboxylic acids is 2. The van der Waals surface area contributed by atoms with Crippen LogP contribution in [-0.4, -0.2) is 18.0 Å². The van der Waals surface area contributed by atoms with Crippen LogP contribution in [0.3, 0.4) is 0 Å². The van der Waals surface area contributed by atoms with Crippen molar-refractivity contribution in [3.05, 3.63) is 0 Å². The monoisotopic (exact) mass is 207 g/mol. The minimum Gasteiger partial charge on any atom is -0.550 e. The van der Waals surface area contributed by atoms with E-state index in [0.717, 1.165) is 0 Å². The van der Waals surface area contributed by atoms with Crippen LogP contribution >= 0.6 is 0 Å². The molecule has 0 aromatic rings. The van der Waals surface area contributed by atoms with Gasteiger partial charge in [-0.15, -0.1) is 0 Å². The van der Waals surface area contributed by atoms with Gasteiger partial charge in [0.2, 0.25) is 0 Å². The van der Waals surface area contributed by atoms with Crippen LogP contribution in [0.1, 0.15) is 12.8 Å². The average molecular weight is 207 g/mol. The van der Waals surface area contributed by atoms with Crippen molar-refractivity contribution in [1.29, 1.82) is 0 Å². The van der Waals surface area contributed by atoms with Gasteiger partial charge in [0.1, 0.15) is 0 Å². The molecule has 5 nitrogen and oxygen atoms in total. The van der Waals surface area contributed by atoms with Gasteiger partial charge in [0.15, 0.2) is 0 Å². The van der Waals surface area contributed by atoms with Crippen molar-refractivity contribution >= 4 is 11.9 Å². The number of carboxylic acid groups (broad SMARTS) is 2. The number of nitrogens with two attached hydrogens (primary N) is 1. The van der Waals surface area contributed by atoms with E-state index >= 15 is 0 Å². The second kappa shape index (κ2) is 10.6. The minimum absolute atomic E-state index is 0. The third kappa shape index (κ3) is 11.5. The molecule has 0 saturated heterocycles. The molecule has 0 unspecified atom stereocenters. The van der Waals surface area contributed by atoms with Crippen LogP contribution in [-0.2, 0) is 9.59 Å². The van der Waals surface area contributed by atoms with Gasteiger partial charge in [-0.2, -0.15) is 0 Å². The maximum Gasteiger partial charge on any atom is 1.00 e. The quantitative estimate of drug-likeness (QED) is 0.461. The second-order valence-corrected chi connectivity index (χ2v) is 1.84. The van der Waals surface area contributed by atoms with E-state index in [2.05, 4.69) is 0 Å². The molecule has 0 aliphatic heterocycles. The van der Waals surface area contributed by atoms with E-state index in [9.17, 15) is 19.8 Å². The first-order chi connectivity index (χ1) is 4.54. The van der Waals surface area contributed by atoms with Crippen LogP contribution in [0.15, 0.2) is 0 Å². The molecule has 7 heteroatoms. The number of carbonyl (C=O) groups is 2. The zero-order valence-corrected chi connectivity index (χ0v) is 12.3. The summed E-state index contributed by atoms with van der Waals surface area (Å²) in [6, 6.07) is -1.21. The van der Waals surface area contributed by atoms with E-state index in [4.69, 9.17) is 5.73 Å². The van der Waals surface area contributed by atoms with Gasteiger partial charge in [-0.3, -0.25) is 0 Å². The molecule has 0 aliphatic carbocycles.